The maximum Gasteiger partial charge on any atom is 0.244 e. The molecule has 184 valence electrons. The summed E-state index contributed by atoms with van der Waals surface area (Å²) < 4.78 is 26.3. The van der Waals surface area contributed by atoms with E-state index in [1.54, 1.807) is 49.4 Å². The molecule has 1 aliphatic carbocycles. The molecule has 2 aromatic carbocycles. The summed E-state index contributed by atoms with van der Waals surface area (Å²) in [5, 5.41) is 3.61. The van der Waals surface area contributed by atoms with Crippen LogP contribution in [0.5, 0.6) is 0 Å². The van der Waals surface area contributed by atoms with Crippen LogP contribution in [0.4, 0.5) is 5.69 Å². The Kier molecular flexibility index (Phi) is 8.60. The molecule has 1 fully saturated rings. The van der Waals surface area contributed by atoms with Crippen molar-refractivity contribution >= 4 is 39.1 Å². The van der Waals surface area contributed by atoms with Crippen LogP contribution in [0.15, 0.2) is 48.5 Å². The molecule has 1 saturated carbocycles. The first-order valence-electron chi connectivity index (χ1n) is 11.4. The quantitative estimate of drug-likeness (QED) is 0.560. The van der Waals surface area contributed by atoms with E-state index in [9.17, 15) is 18.0 Å². The second-order valence-electron chi connectivity index (χ2n) is 8.92. The fraction of sp³-hybridized carbons (Fsp3) is 0.440. The van der Waals surface area contributed by atoms with E-state index < -0.39 is 28.5 Å². The summed E-state index contributed by atoms with van der Waals surface area (Å²) in [4.78, 5) is 28.0. The molecular formula is C25H32ClN3O4S. The van der Waals surface area contributed by atoms with Crippen LogP contribution in [0, 0.1) is 6.92 Å². The molecule has 0 heterocycles. The zero-order valence-corrected chi connectivity index (χ0v) is 21.4. The number of nitrogens with zero attached hydrogens (tertiary/aromatic N) is 2. The number of aryl methyl sites for hydroxylation is 1. The molecule has 3 rings (SSSR count). The highest BCUT2D eigenvalue weighted by atomic mass is 35.5. The molecule has 2 aromatic rings. The maximum absolute atomic E-state index is 13.5. The van der Waals surface area contributed by atoms with Gasteiger partial charge < -0.3 is 10.2 Å². The molecule has 2 amide bonds. The van der Waals surface area contributed by atoms with E-state index in [2.05, 4.69) is 5.32 Å². The first-order chi connectivity index (χ1) is 16.0. The van der Waals surface area contributed by atoms with Gasteiger partial charge in [0.2, 0.25) is 21.8 Å². The number of nitrogens with one attached hydrogen (secondary N) is 1. The Morgan fingerprint density at radius 3 is 2.35 bits per heavy atom. The minimum absolute atomic E-state index is 0.113. The zero-order chi connectivity index (χ0) is 24.9. The topological polar surface area (TPSA) is 86.8 Å². The van der Waals surface area contributed by atoms with Gasteiger partial charge >= 0.3 is 0 Å². The summed E-state index contributed by atoms with van der Waals surface area (Å²) in [6, 6.07) is 13.3. The van der Waals surface area contributed by atoms with Crippen molar-refractivity contribution in [3.63, 3.8) is 0 Å². The van der Waals surface area contributed by atoms with E-state index in [1.807, 2.05) is 13.0 Å². The average molecular weight is 506 g/mol. The van der Waals surface area contributed by atoms with Gasteiger partial charge in [0.05, 0.1) is 11.9 Å². The number of hydrogen-bond acceptors (Lipinski definition) is 4. The van der Waals surface area contributed by atoms with Crippen LogP contribution in [0.1, 0.15) is 43.7 Å². The number of rotatable bonds is 9. The molecule has 0 saturated heterocycles. The van der Waals surface area contributed by atoms with Crippen molar-refractivity contribution in [2.45, 2.75) is 58.2 Å². The van der Waals surface area contributed by atoms with E-state index >= 15 is 0 Å². The lowest BCUT2D eigenvalue weighted by atomic mass is 10.1. The molecule has 0 bridgehead atoms. The fourth-order valence-electron chi connectivity index (χ4n) is 4.16. The molecule has 9 heteroatoms. The lowest BCUT2D eigenvalue weighted by molar-refractivity contribution is -0.139. The van der Waals surface area contributed by atoms with Gasteiger partial charge in [-0.15, -0.1) is 0 Å². The van der Waals surface area contributed by atoms with Crippen LogP contribution in [0.3, 0.4) is 0 Å². The summed E-state index contributed by atoms with van der Waals surface area (Å²) in [6.45, 7) is 3.28. The normalized spacial score (nSPS) is 15.1. The van der Waals surface area contributed by atoms with E-state index in [4.69, 9.17) is 11.6 Å². The predicted molar refractivity (Wildman–Crippen MR) is 135 cm³/mol. The Hall–Kier alpha value is -2.58. The Balaban J connectivity index is 1.87. The van der Waals surface area contributed by atoms with Crippen LogP contribution in [0.2, 0.25) is 5.02 Å². The highest BCUT2D eigenvalue weighted by Crippen LogP contribution is 2.21. The molecule has 0 aliphatic heterocycles. The molecule has 1 aliphatic rings. The summed E-state index contributed by atoms with van der Waals surface area (Å²) in [6.07, 6.45) is 5.08. The van der Waals surface area contributed by atoms with Gasteiger partial charge in [-0.25, -0.2) is 8.42 Å². The standard InChI is InChI=1S/C25H32ClN3O4S/c1-18-7-6-10-23(15-18)29(34(3,32)33)17-24(30)28(16-20-11-13-21(26)14-12-20)19(2)25(31)27-22-8-4-5-9-22/h6-7,10-15,19,22H,4-5,8-9,16-17H2,1-3H3,(H,27,31)/t19-/m0/s1. The molecule has 0 unspecified atom stereocenters. The minimum atomic E-state index is -3.74. The van der Waals surface area contributed by atoms with E-state index in [0.717, 1.165) is 47.4 Å². The summed E-state index contributed by atoms with van der Waals surface area (Å²) in [5.41, 5.74) is 2.08. The molecule has 1 atom stereocenters. The van der Waals surface area contributed by atoms with Gasteiger partial charge in [-0.2, -0.15) is 0 Å². The molecule has 0 radical (unpaired) electrons. The first kappa shape index (κ1) is 26.0. The molecule has 0 spiro atoms. The van der Waals surface area contributed by atoms with E-state index in [-0.39, 0.29) is 18.5 Å². The zero-order valence-electron chi connectivity index (χ0n) is 19.8. The predicted octanol–water partition coefficient (Wildman–Crippen LogP) is 3.89. The number of sulfonamides is 1. The number of carbonyl (C=O) groups is 2. The largest absolute Gasteiger partial charge is 0.352 e. The van der Waals surface area contributed by atoms with Gasteiger partial charge in [-0.1, -0.05) is 48.7 Å². The lowest BCUT2D eigenvalue weighted by Gasteiger charge is -2.32. The van der Waals surface area contributed by atoms with Crippen molar-refractivity contribution in [3.8, 4) is 0 Å². The summed E-state index contributed by atoms with van der Waals surface area (Å²) in [5.74, 6) is -0.702. The maximum atomic E-state index is 13.5. The Morgan fingerprint density at radius 1 is 1.12 bits per heavy atom. The lowest BCUT2D eigenvalue weighted by Crippen LogP contribution is -2.52. The molecule has 0 aromatic heterocycles. The van der Waals surface area contributed by atoms with Crippen molar-refractivity contribution in [3.05, 3.63) is 64.7 Å². The molecule has 7 nitrogen and oxygen atoms in total. The first-order valence-corrected chi connectivity index (χ1v) is 13.7. The summed E-state index contributed by atoms with van der Waals surface area (Å²) >= 11 is 6.00. The van der Waals surface area contributed by atoms with Crippen molar-refractivity contribution in [2.75, 3.05) is 17.1 Å². The third-order valence-corrected chi connectivity index (χ3v) is 7.50. The highest BCUT2D eigenvalue weighted by Gasteiger charge is 2.31. The van der Waals surface area contributed by atoms with Crippen LogP contribution < -0.4 is 9.62 Å². The van der Waals surface area contributed by atoms with Crippen LogP contribution in [0.25, 0.3) is 0 Å². The van der Waals surface area contributed by atoms with Crippen LogP contribution in [-0.4, -0.2) is 50.0 Å². The average Bonchev–Trinajstić information content (AvgIpc) is 3.28. The number of halogens is 1. The highest BCUT2D eigenvalue weighted by molar-refractivity contribution is 7.92. The number of carbonyl (C=O) groups excluding carboxylic acids is 2. The smallest absolute Gasteiger partial charge is 0.244 e. The van der Waals surface area contributed by atoms with Gasteiger partial charge in [-0.05, 0) is 62.1 Å². The van der Waals surface area contributed by atoms with E-state index in [1.165, 1.54) is 4.90 Å². The number of benzene rings is 2. The number of hydrogen-bond donors (Lipinski definition) is 1. The third-order valence-electron chi connectivity index (χ3n) is 6.10. The number of amides is 2. The Morgan fingerprint density at radius 2 is 1.76 bits per heavy atom. The van der Waals surface area contributed by atoms with Crippen molar-refractivity contribution < 1.29 is 18.0 Å². The summed E-state index contributed by atoms with van der Waals surface area (Å²) in [7, 11) is -3.74. The second kappa shape index (κ2) is 11.2. The second-order valence-corrected chi connectivity index (χ2v) is 11.3. The number of anilines is 1. The van der Waals surface area contributed by atoms with Crippen molar-refractivity contribution in [1.29, 1.82) is 0 Å². The molecule has 34 heavy (non-hydrogen) atoms. The van der Waals surface area contributed by atoms with Crippen LogP contribution >= 0.6 is 11.6 Å². The van der Waals surface area contributed by atoms with Gasteiger partial charge in [0, 0.05) is 17.6 Å². The third kappa shape index (κ3) is 6.96. The SMILES string of the molecule is Cc1cccc(N(CC(=O)N(Cc2ccc(Cl)cc2)[C@@H](C)C(=O)NC2CCCC2)S(C)(=O)=O)c1. The molecular weight excluding hydrogens is 474 g/mol. The van der Waals surface area contributed by atoms with Gasteiger partial charge in [0.25, 0.3) is 0 Å². The van der Waals surface area contributed by atoms with Gasteiger partial charge in [0.1, 0.15) is 12.6 Å². The van der Waals surface area contributed by atoms with E-state index in [0.29, 0.717) is 10.7 Å². The van der Waals surface area contributed by atoms with Crippen molar-refractivity contribution in [2.24, 2.45) is 0 Å². The van der Waals surface area contributed by atoms with Gasteiger partial charge in [-0.3, -0.25) is 13.9 Å². The molecule has 1 N–H and O–H groups in total. The minimum Gasteiger partial charge on any atom is -0.352 e. The van der Waals surface area contributed by atoms with Crippen LogP contribution in [-0.2, 0) is 26.2 Å². The Bertz CT molecular complexity index is 1120. The fourth-order valence-corrected chi connectivity index (χ4v) is 5.13. The van der Waals surface area contributed by atoms with Crippen molar-refractivity contribution in [1.82, 2.24) is 10.2 Å². The van der Waals surface area contributed by atoms with Gasteiger partial charge in [0.15, 0.2) is 0 Å². The Labute approximate surface area is 207 Å². The monoisotopic (exact) mass is 505 g/mol.